The van der Waals surface area contributed by atoms with Crippen molar-refractivity contribution >= 4 is 27.4 Å². The number of rotatable bonds is 5. The molecule has 0 radical (unpaired) electrons. The summed E-state index contributed by atoms with van der Waals surface area (Å²) in [7, 11) is -4.20. The molecule has 1 saturated heterocycles. The fraction of sp³-hybridized carbons (Fsp3) is 0.333. The Bertz CT molecular complexity index is 1770. The topological polar surface area (TPSA) is 174 Å². The Morgan fingerprint density at radius 2 is 1.79 bits per heavy atom. The molecule has 0 aliphatic carbocycles. The Labute approximate surface area is 234 Å². The number of anilines is 2. The van der Waals surface area contributed by atoms with Crippen LogP contribution in [0.15, 0.2) is 44.4 Å². The maximum absolute atomic E-state index is 15.3. The molecule has 0 saturated carbocycles. The van der Waals surface area contributed by atoms with Crippen LogP contribution in [0.1, 0.15) is 24.3 Å². The average Bonchev–Trinajstić information content (AvgIpc) is 3.72. The Hall–Kier alpha value is -4.45. The summed E-state index contributed by atoms with van der Waals surface area (Å²) in [5.41, 5.74) is 5.87. The number of benzene rings is 1. The van der Waals surface area contributed by atoms with Crippen molar-refractivity contribution in [3.8, 4) is 22.9 Å². The van der Waals surface area contributed by atoms with Crippen molar-refractivity contribution in [2.24, 2.45) is 5.73 Å². The maximum atomic E-state index is 15.3. The zero-order chi connectivity index (χ0) is 29.8. The number of amides is 1. The van der Waals surface area contributed by atoms with Gasteiger partial charge in [0.15, 0.2) is 9.84 Å². The number of pyridine rings is 1. The molecule has 18 heteroatoms. The molecule has 1 aromatic carbocycles. The number of fused-ring (bicyclic) bond motifs is 1. The van der Waals surface area contributed by atoms with Gasteiger partial charge in [-0.25, -0.2) is 12.8 Å². The van der Waals surface area contributed by atoms with Gasteiger partial charge in [-0.1, -0.05) is 16.4 Å². The molecule has 1 fully saturated rings. The van der Waals surface area contributed by atoms with Crippen molar-refractivity contribution in [2.45, 2.75) is 36.5 Å². The lowest BCUT2D eigenvalue weighted by Gasteiger charge is -2.24. The molecule has 1 atom stereocenters. The van der Waals surface area contributed by atoms with E-state index in [1.807, 2.05) is 4.90 Å². The number of nitrogens with two attached hydrogens (primary N) is 1. The van der Waals surface area contributed by atoms with Gasteiger partial charge in [-0.05, 0) is 36.6 Å². The fourth-order valence-corrected chi connectivity index (χ4v) is 6.26. The predicted octanol–water partition coefficient (Wildman–Crippen LogP) is 2.59. The SMILES string of the molecule is N[C@H]1CS(=O)(=O)c2cc(F)c(-c3noc(N4CCCC4)n3)cc2N(Cc2ccc(-c3noc(C(F)(F)F)n3)nc2)C1=O. The highest BCUT2D eigenvalue weighted by Crippen LogP contribution is 2.37. The largest absolute Gasteiger partial charge is 0.471 e. The van der Waals surface area contributed by atoms with Gasteiger partial charge in [0.1, 0.15) is 11.5 Å². The number of carbonyl (C=O) groups is 1. The average molecular weight is 609 g/mol. The van der Waals surface area contributed by atoms with Gasteiger partial charge in [-0.15, -0.1) is 0 Å². The van der Waals surface area contributed by atoms with Crippen molar-refractivity contribution in [1.29, 1.82) is 0 Å². The first-order chi connectivity index (χ1) is 19.9. The minimum absolute atomic E-state index is 0.0462. The van der Waals surface area contributed by atoms with Gasteiger partial charge >= 0.3 is 18.1 Å². The minimum Gasteiger partial charge on any atom is -0.329 e. The summed E-state index contributed by atoms with van der Waals surface area (Å²) in [5, 5.41) is 7.13. The van der Waals surface area contributed by atoms with Gasteiger partial charge in [0.25, 0.3) is 0 Å². The highest BCUT2D eigenvalue weighted by atomic mass is 32.2. The third-order valence-corrected chi connectivity index (χ3v) is 8.55. The second-order valence-corrected chi connectivity index (χ2v) is 11.7. The molecule has 2 aliphatic heterocycles. The van der Waals surface area contributed by atoms with E-state index in [1.165, 1.54) is 18.3 Å². The molecule has 3 aromatic heterocycles. The monoisotopic (exact) mass is 608 g/mol. The van der Waals surface area contributed by atoms with Crippen LogP contribution >= 0.6 is 0 Å². The molecule has 6 rings (SSSR count). The van der Waals surface area contributed by atoms with Crippen LogP contribution in [0, 0.1) is 5.82 Å². The molecule has 2 aliphatic rings. The molecule has 0 bridgehead atoms. The van der Waals surface area contributed by atoms with Crippen LogP contribution in [0.25, 0.3) is 22.9 Å². The zero-order valence-electron chi connectivity index (χ0n) is 21.4. The van der Waals surface area contributed by atoms with Crippen molar-refractivity contribution in [3.63, 3.8) is 0 Å². The molecule has 220 valence electrons. The van der Waals surface area contributed by atoms with Gasteiger partial charge in [-0.3, -0.25) is 9.78 Å². The van der Waals surface area contributed by atoms with E-state index in [2.05, 4.69) is 29.8 Å². The lowest BCUT2D eigenvalue weighted by atomic mass is 10.1. The van der Waals surface area contributed by atoms with Crippen LogP contribution in [-0.4, -0.2) is 64.5 Å². The van der Waals surface area contributed by atoms with Crippen molar-refractivity contribution < 1.29 is 39.8 Å². The standard InChI is InChI=1S/C24H20F4N8O5S/c25-14-8-18-17(7-13(14)19-32-23(41-33-19)35-5-1-2-6-35)36(21(37)15(29)11-42(18,38)39)10-12-3-4-16(30-9-12)20-31-22(40-34-20)24(26,27)28/h3-4,7-9,15H,1-2,5-6,10-11,29H2/t15-/m0/s1. The maximum Gasteiger partial charge on any atom is 0.471 e. The predicted molar refractivity (Wildman–Crippen MR) is 135 cm³/mol. The molecule has 1 amide bonds. The lowest BCUT2D eigenvalue weighted by Crippen LogP contribution is -2.45. The van der Waals surface area contributed by atoms with E-state index >= 15 is 4.39 Å². The van der Waals surface area contributed by atoms with E-state index in [-0.39, 0.29) is 35.3 Å². The molecular weight excluding hydrogens is 588 g/mol. The fourth-order valence-electron chi connectivity index (χ4n) is 4.69. The molecule has 0 unspecified atom stereocenters. The number of aromatic nitrogens is 5. The zero-order valence-corrected chi connectivity index (χ0v) is 22.2. The third-order valence-electron chi connectivity index (χ3n) is 6.75. The van der Waals surface area contributed by atoms with Crippen molar-refractivity contribution in [1.82, 2.24) is 25.3 Å². The van der Waals surface area contributed by atoms with Gasteiger partial charge in [0.05, 0.1) is 34.5 Å². The minimum atomic E-state index is -4.83. The van der Waals surface area contributed by atoms with Crippen LogP contribution in [-0.2, 0) is 27.4 Å². The van der Waals surface area contributed by atoms with Gasteiger partial charge < -0.3 is 24.6 Å². The van der Waals surface area contributed by atoms with E-state index in [4.69, 9.17) is 10.3 Å². The number of sulfone groups is 1. The van der Waals surface area contributed by atoms with E-state index in [1.54, 1.807) is 0 Å². The molecule has 0 spiro atoms. The summed E-state index contributed by atoms with van der Waals surface area (Å²) in [6.07, 6.45) is -1.73. The van der Waals surface area contributed by atoms with Crippen molar-refractivity contribution in [3.05, 3.63) is 47.7 Å². The number of hydrogen-bond donors (Lipinski definition) is 1. The van der Waals surface area contributed by atoms with Crippen LogP contribution in [0.3, 0.4) is 0 Å². The first kappa shape index (κ1) is 27.7. The summed E-state index contributed by atoms with van der Waals surface area (Å²) in [6.45, 7) is 1.12. The molecule has 42 heavy (non-hydrogen) atoms. The highest BCUT2D eigenvalue weighted by Gasteiger charge is 2.39. The number of hydrogen-bond acceptors (Lipinski definition) is 12. The van der Waals surface area contributed by atoms with E-state index in [9.17, 15) is 26.4 Å². The van der Waals surface area contributed by atoms with Crippen molar-refractivity contribution in [2.75, 3.05) is 28.6 Å². The summed E-state index contributed by atoms with van der Waals surface area (Å²) >= 11 is 0. The molecular formula is C24H20F4N8O5S. The summed E-state index contributed by atoms with van der Waals surface area (Å²) in [5.74, 6) is -4.56. The number of carbonyl (C=O) groups excluding carboxylic acids is 1. The quantitative estimate of drug-likeness (QED) is 0.329. The van der Waals surface area contributed by atoms with E-state index < -0.39 is 56.1 Å². The Balaban J connectivity index is 1.36. The Morgan fingerprint density at radius 3 is 2.45 bits per heavy atom. The van der Waals surface area contributed by atoms with Gasteiger partial charge in [0.2, 0.25) is 17.6 Å². The van der Waals surface area contributed by atoms with Crippen LogP contribution in [0.2, 0.25) is 0 Å². The lowest BCUT2D eigenvalue weighted by molar-refractivity contribution is -0.159. The normalized spacial score (nSPS) is 18.8. The van der Waals surface area contributed by atoms with Crippen LogP contribution in [0.5, 0.6) is 0 Å². The van der Waals surface area contributed by atoms with Crippen LogP contribution in [0.4, 0.5) is 29.3 Å². The molecule has 2 N–H and O–H groups in total. The summed E-state index contributed by atoms with van der Waals surface area (Å²) < 4.78 is 89.5. The second kappa shape index (κ2) is 10.1. The summed E-state index contributed by atoms with van der Waals surface area (Å²) in [4.78, 5) is 27.4. The second-order valence-electron chi connectivity index (χ2n) is 9.68. The highest BCUT2D eigenvalue weighted by molar-refractivity contribution is 7.91. The third kappa shape index (κ3) is 5.06. The Kier molecular flexibility index (Phi) is 6.68. The number of alkyl halides is 3. The van der Waals surface area contributed by atoms with E-state index in [0.717, 1.165) is 29.9 Å². The number of halogens is 4. The summed E-state index contributed by atoms with van der Waals surface area (Å²) in [6, 6.07) is 3.39. The first-order valence-electron chi connectivity index (χ1n) is 12.5. The van der Waals surface area contributed by atoms with Crippen LogP contribution < -0.4 is 15.5 Å². The Morgan fingerprint density at radius 1 is 1.05 bits per heavy atom. The van der Waals surface area contributed by atoms with Gasteiger partial charge in [-0.2, -0.15) is 23.1 Å². The molecule has 5 heterocycles. The van der Waals surface area contributed by atoms with E-state index in [0.29, 0.717) is 18.7 Å². The van der Waals surface area contributed by atoms with Gasteiger partial charge in [0, 0.05) is 19.3 Å². The first-order valence-corrected chi connectivity index (χ1v) is 14.1. The molecule has 13 nitrogen and oxygen atoms in total. The smallest absolute Gasteiger partial charge is 0.329 e. The molecule has 4 aromatic rings. The number of nitrogens with zero attached hydrogens (tertiary/aromatic N) is 7.